The Balaban J connectivity index is 3.23. The lowest BCUT2D eigenvalue weighted by atomic mass is 10.1. The fourth-order valence-electron chi connectivity index (χ4n) is 1.34. The smallest absolute Gasteiger partial charge is 0.343 e. The third kappa shape index (κ3) is 2.89. The van der Waals surface area contributed by atoms with Crippen molar-refractivity contribution < 1.29 is 23.0 Å². The van der Waals surface area contributed by atoms with Gasteiger partial charge in [0.15, 0.2) is 0 Å². The van der Waals surface area contributed by atoms with Crippen LogP contribution in [0.3, 0.4) is 0 Å². The molecule has 17 heavy (non-hydrogen) atoms. The maximum Gasteiger partial charge on any atom is 0.343 e. The van der Waals surface area contributed by atoms with Crippen LogP contribution < -0.4 is 4.74 Å². The molecule has 1 rings (SSSR count). The van der Waals surface area contributed by atoms with Crippen molar-refractivity contribution in [2.75, 3.05) is 13.7 Å². The zero-order valence-electron chi connectivity index (χ0n) is 9.79. The summed E-state index contributed by atoms with van der Waals surface area (Å²) in [6, 6.07) is 1.30. The summed E-state index contributed by atoms with van der Waals surface area (Å²) in [6.07, 6.45) is -2.71. The number of nitrogens with zero attached hydrogens (tertiary/aromatic N) is 1. The zero-order chi connectivity index (χ0) is 13.0. The van der Waals surface area contributed by atoms with E-state index in [2.05, 4.69) is 4.98 Å². The molecular formula is C11H13F2NO3. The van der Waals surface area contributed by atoms with Gasteiger partial charge in [0, 0.05) is 0 Å². The van der Waals surface area contributed by atoms with Crippen LogP contribution in [0.2, 0.25) is 0 Å². The maximum absolute atomic E-state index is 12.6. The molecule has 1 aromatic rings. The lowest BCUT2D eigenvalue weighted by Gasteiger charge is -2.11. The zero-order valence-corrected chi connectivity index (χ0v) is 9.79. The van der Waals surface area contributed by atoms with Crippen LogP contribution in [0.5, 0.6) is 5.88 Å². The van der Waals surface area contributed by atoms with Crippen LogP contribution in [0.4, 0.5) is 8.78 Å². The van der Waals surface area contributed by atoms with Crippen molar-refractivity contribution in [3.8, 4) is 5.88 Å². The number of rotatable bonds is 4. The normalized spacial score (nSPS) is 10.5. The number of alkyl halides is 2. The minimum atomic E-state index is -2.71. The first-order chi connectivity index (χ1) is 8.01. The highest BCUT2D eigenvalue weighted by Gasteiger charge is 2.21. The second kappa shape index (κ2) is 5.56. The van der Waals surface area contributed by atoms with Crippen molar-refractivity contribution in [1.82, 2.24) is 4.98 Å². The van der Waals surface area contributed by atoms with E-state index in [-0.39, 0.29) is 23.6 Å². The van der Waals surface area contributed by atoms with Gasteiger partial charge in [0.05, 0.1) is 13.7 Å². The summed E-state index contributed by atoms with van der Waals surface area (Å²) in [5, 5.41) is 0. The van der Waals surface area contributed by atoms with Gasteiger partial charge in [-0.2, -0.15) is 0 Å². The van der Waals surface area contributed by atoms with Crippen LogP contribution in [0.1, 0.15) is 35.0 Å². The first kappa shape index (κ1) is 13.3. The average molecular weight is 245 g/mol. The molecule has 0 atom stereocenters. The van der Waals surface area contributed by atoms with Crippen LogP contribution in [0, 0.1) is 6.92 Å². The molecule has 0 aromatic carbocycles. The summed E-state index contributed by atoms with van der Waals surface area (Å²) >= 11 is 0. The Labute approximate surface area is 97.6 Å². The number of hydrogen-bond acceptors (Lipinski definition) is 4. The number of ether oxygens (including phenoxy) is 2. The SMILES string of the molecule is CCOC(=O)c1cc(C)c(C(F)F)nc1OC. The molecule has 0 bridgehead atoms. The molecule has 0 spiro atoms. The van der Waals surface area contributed by atoms with E-state index in [0.29, 0.717) is 0 Å². The van der Waals surface area contributed by atoms with Crippen molar-refractivity contribution in [3.05, 3.63) is 22.9 Å². The van der Waals surface area contributed by atoms with Crippen LogP contribution in [0.25, 0.3) is 0 Å². The molecular weight excluding hydrogens is 232 g/mol. The van der Waals surface area contributed by atoms with Gasteiger partial charge in [-0.25, -0.2) is 18.6 Å². The van der Waals surface area contributed by atoms with Gasteiger partial charge in [0.1, 0.15) is 11.3 Å². The van der Waals surface area contributed by atoms with Gasteiger partial charge in [0.25, 0.3) is 6.43 Å². The molecule has 0 amide bonds. The van der Waals surface area contributed by atoms with Crippen molar-refractivity contribution in [2.24, 2.45) is 0 Å². The Kier molecular flexibility index (Phi) is 4.37. The molecule has 0 fully saturated rings. The lowest BCUT2D eigenvalue weighted by molar-refractivity contribution is 0.0520. The van der Waals surface area contributed by atoms with Gasteiger partial charge in [0.2, 0.25) is 5.88 Å². The number of carbonyl (C=O) groups is 1. The molecule has 1 heterocycles. The predicted octanol–water partition coefficient (Wildman–Crippen LogP) is 2.51. The van der Waals surface area contributed by atoms with Gasteiger partial charge in [-0.3, -0.25) is 0 Å². The molecule has 6 heteroatoms. The summed E-state index contributed by atoms with van der Waals surface area (Å²) < 4.78 is 34.8. The van der Waals surface area contributed by atoms with Crippen molar-refractivity contribution in [1.29, 1.82) is 0 Å². The molecule has 0 aliphatic carbocycles. The van der Waals surface area contributed by atoms with Gasteiger partial charge >= 0.3 is 5.97 Å². The molecule has 0 saturated heterocycles. The highest BCUT2D eigenvalue weighted by Crippen LogP contribution is 2.26. The second-order valence-electron chi connectivity index (χ2n) is 3.27. The molecule has 1 aromatic heterocycles. The molecule has 0 saturated carbocycles. The summed E-state index contributed by atoms with van der Waals surface area (Å²) in [5.41, 5.74) is -0.116. The first-order valence-corrected chi connectivity index (χ1v) is 5.02. The Morgan fingerprint density at radius 1 is 1.53 bits per heavy atom. The monoisotopic (exact) mass is 245 g/mol. The van der Waals surface area contributed by atoms with Crippen LogP contribution in [0.15, 0.2) is 6.07 Å². The van der Waals surface area contributed by atoms with E-state index in [0.717, 1.165) is 0 Å². The Morgan fingerprint density at radius 2 is 2.18 bits per heavy atom. The first-order valence-electron chi connectivity index (χ1n) is 5.02. The van der Waals surface area contributed by atoms with Gasteiger partial charge < -0.3 is 9.47 Å². The van der Waals surface area contributed by atoms with E-state index >= 15 is 0 Å². The minimum Gasteiger partial charge on any atom is -0.480 e. The van der Waals surface area contributed by atoms with Crippen molar-refractivity contribution in [3.63, 3.8) is 0 Å². The third-order valence-corrected chi connectivity index (χ3v) is 2.11. The molecule has 0 unspecified atom stereocenters. The number of carbonyl (C=O) groups excluding carboxylic acids is 1. The standard InChI is InChI=1S/C11H13F2NO3/c1-4-17-11(15)7-5-6(2)8(9(12)13)14-10(7)16-3/h5,9H,4H2,1-3H3. The highest BCUT2D eigenvalue weighted by molar-refractivity contribution is 5.92. The summed E-state index contributed by atoms with van der Waals surface area (Å²) in [4.78, 5) is 15.1. The highest BCUT2D eigenvalue weighted by atomic mass is 19.3. The number of hydrogen-bond donors (Lipinski definition) is 0. The molecule has 0 aliphatic heterocycles. The molecule has 0 aliphatic rings. The van der Waals surface area contributed by atoms with Gasteiger partial charge in [-0.05, 0) is 25.5 Å². The lowest BCUT2D eigenvalue weighted by Crippen LogP contribution is -2.10. The topological polar surface area (TPSA) is 48.4 Å². The predicted molar refractivity (Wildman–Crippen MR) is 56.4 cm³/mol. The Morgan fingerprint density at radius 3 is 2.65 bits per heavy atom. The number of aromatic nitrogens is 1. The summed E-state index contributed by atoms with van der Waals surface area (Å²) in [5.74, 6) is -0.787. The van der Waals surface area contributed by atoms with Crippen molar-refractivity contribution in [2.45, 2.75) is 20.3 Å². The van der Waals surface area contributed by atoms with E-state index in [9.17, 15) is 13.6 Å². The van der Waals surface area contributed by atoms with Gasteiger partial charge in [-0.15, -0.1) is 0 Å². The van der Waals surface area contributed by atoms with E-state index in [4.69, 9.17) is 9.47 Å². The fourth-order valence-corrected chi connectivity index (χ4v) is 1.34. The molecule has 0 radical (unpaired) electrons. The van der Waals surface area contributed by atoms with Crippen LogP contribution in [-0.4, -0.2) is 24.7 Å². The maximum atomic E-state index is 12.6. The summed E-state index contributed by atoms with van der Waals surface area (Å²) in [7, 11) is 1.26. The van der Waals surface area contributed by atoms with Crippen LogP contribution >= 0.6 is 0 Å². The number of pyridine rings is 1. The van der Waals surface area contributed by atoms with E-state index in [1.165, 1.54) is 20.1 Å². The minimum absolute atomic E-state index is 0.0521. The second-order valence-corrected chi connectivity index (χ2v) is 3.27. The van der Waals surface area contributed by atoms with E-state index in [1.54, 1.807) is 6.92 Å². The molecule has 0 N–H and O–H groups in total. The number of esters is 1. The molecule has 4 nitrogen and oxygen atoms in total. The van der Waals surface area contributed by atoms with Crippen molar-refractivity contribution >= 4 is 5.97 Å². The third-order valence-electron chi connectivity index (χ3n) is 2.11. The largest absolute Gasteiger partial charge is 0.480 e. The fraction of sp³-hybridized carbons (Fsp3) is 0.455. The molecule has 94 valence electrons. The Hall–Kier alpha value is -1.72. The number of halogens is 2. The van der Waals surface area contributed by atoms with E-state index in [1.807, 2.05) is 0 Å². The van der Waals surface area contributed by atoms with E-state index < -0.39 is 18.1 Å². The quantitative estimate of drug-likeness (QED) is 0.765. The van der Waals surface area contributed by atoms with Gasteiger partial charge in [-0.1, -0.05) is 0 Å². The average Bonchev–Trinajstić information content (AvgIpc) is 2.28. The number of aryl methyl sites for hydroxylation is 1. The Bertz CT molecular complexity index is 421. The van der Waals surface area contributed by atoms with Crippen LogP contribution in [-0.2, 0) is 4.74 Å². The summed E-state index contributed by atoms with van der Waals surface area (Å²) in [6.45, 7) is 3.30. The number of methoxy groups -OCH3 is 1.